The quantitative estimate of drug-likeness (QED) is 0.439. The molecule has 0 aromatic heterocycles. The summed E-state index contributed by atoms with van der Waals surface area (Å²) in [6.07, 6.45) is 6.52. The number of ether oxygens (including phenoxy) is 1. The molecule has 0 atom stereocenters. The number of aromatic carboxylic acids is 1. The highest BCUT2D eigenvalue weighted by Gasteiger charge is 2.39. The van der Waals surface area contributed by atoms with Gasteiger partial charge >= 0.3 is 5.97 Å². The van der Waals surface area contributed by atoms with E-state index in [1.807, 2.05) is 6.07 Å². The molecule has 1 aliphatic carbocycles. The minimum atomic E-state index is -0.949. The van der Waals surface area contributed by atoms with Crippen molar-refractivity contribution in [2.24, 2.45) is 0 Å². The second-order valence-electron chi connectivity index (χ2n) is 10.9. The largest absolute Gasteiger partial charge is 0.492 e. The average molecular weight is 437 g/mol. The molecular formula is C29H40O3. The van der Waals surface area contributed by atoms with E-state index in [4.69, 9.17) is 4.74 Å². The summed E-state index contributed by atoms with van der Waals surface area (Å²) in [5.41, 5.74) is 4.70. The van der Waals surface area contributed by atoms with Crippen molar-refractivity contribution < 1.29 is 14.6 Å². The molecule has 174 valence electrons. The van der Waals surface area contributed by atoms with E-state index in [1.54, 1.807) is 18.2 Å². The summed E-state index contributed by atoms with van der Waals surface area (Å²) < 4.78 is 6.28. The lowest BCUT2D eigenvalue weighted by molar-refractivity contribution is 0.0690. The molecule has 1 aliphatic rings. The van der Waals surface area contributed by atoms with E-state index in [-0.39, 0.29) is 21.8 Å². The van der Waals surface area contributed by atoms with Crippen molar-refractivity contribution in [2.45, 2.75) is 96.3 Å². The van der Waals surface area contributed by atoms with Gasteiger partial charge in [-0.05, 0) is 65.3 Å². The van der Waals surface area contributed by atoms with E-state index < -0.39 is 5.97 Å². The molecule has 0 aliphatic heterocycles. The smallest absolute Gasteiger partial charge is 0.339 e. The van der Waals surface area contributed by atoms with Crippen LogP contribution in [-0.4, -0.2) is 17.7 Å². The van der Waals surface area contributed by atoms with Crippen LogP contribution in [0.4, 0.5) is 0 Å². The van der Waals surface area contributed by atoms with E-state index in [9.17, 15) is 9.90 Å². The van der Waals surface area contributed by atoms with Crippen molar-refractivity contribution in [1.82, 2.24) is 0 Å². The van der Waals surface area contributed by atoms with Gasteiger partial charge in [0.25, 0.3) is 0 Å². The van der Waals surface area contributed by atoms with Crippen molar-refractivity contribution >= 4 is 5.97 Å². The number of carboxylic acids is 1. The van der Waals surface area contributed by atoms with Gasteiger partial charge in [-0.2, -0.15) is 0 Å². The number of hydrogen-bond donors (Lipinski definition) is 1. The third-order valence-electron chi connectivity index (χ3n) is 7.54. The Hall–Kier alpha value is -2.29. The van der Waals surface area contributed by atoms with Crippen LogP contribution in [0.3, 0.4) is 0 Å². The van der Waals surface area contributed by atoms with Crippen molar-refractivity contribution in [3.63, 3.8) is 0 Å². The molecule has 0 saturated carbocycles. The van der Waals surface area contributed by atoms with Gasteiger partial charge in [0.05, 0.1) is 6.61 Å². The zero-order valence-electron chi connectivity index (χ0n) is 20.8. The van der Waals surface area contributed by atoms with Gasteiger partial charge in [0, 0.05) is 5.41 Å². The lowest BCUT2D eigenvalue weighted by Gasteiger charge is -2.43. The molecule has 0 fully saturated rings. The van der Waals surface area contributed by atoms with Crippen molar-refractivity contribution in [3.8, 4) is 5.75 Å². The van der Waals surface area contributed by atoms with Gasteiger partial charge in [0.15, 0.2) is 0 Å². The molecule has 0 unspecified atom stereocenters. The van der Waals surface area contributed by atoms with Crippen LogP contribution in [0.1, 0.15) is 107 Å². The molecule has 0 spiro atoms. The van der Waals surface area contributed by atoms with Crippen LogP contribution in [0.15, 0.2) is 42.5 Å². The molecule has 3 heteroatoms. The molecule has 3 nitrogen and oxygen atoms in total. The predicted octanol–water partition coefficient (Wildman–Crippen LogP) is 7.65. The fourth-order valence-electron chi connectivity index (χ4n) is 5.50. The number of carboxylic acid groups (broad SMARTS) is 1. The minimum Gasteiger partial charge on any atom is -0.492 e. The summed E-state index contributed by atoms with van der Waals surface area (Å²) in [4.78, 5) is 11.7. The molecule has 0 amide bonds. The van der Waals surface area contributed by atoms with E-state index in [0.717, 1.165) is 25.7 Å². The molecule has 0 saturated heterocycles. The number of fused-ring (bicyclic) bond motifs is 1. The monoisotopic (exact) mass is 436 g/mol. The van der Waals surface area contributed by atoms with E-state index in [2.05, 4.69) is 59.7 Å². The van der Waals surface area contributed by atoms with Crippen LogP contribution in [0, 0.1) is 0 Å². The van der Waals surface area contributed by atoms with Crippen LogP contribution in [0.2, 0.25) is 0 Å². The molecule has 2 aromatic rings. The highest BCUT2D eigenvalue weighted by Crippen LogP contribution is 2.47. The first-order chi connectivity index (χ1) is 15.1. The lowest BCUT2D eigenvalue weighted by Crippen LogP contribution is -2.37. The average Bonchev–Trinajstić information content (AvgIpc) is 2.75. The Morgan fingerprint density at radius 2 is 1.53 bits per heavy atom. The van der Waals surface area contributed by atoms with Crippen LogP contribution in [0.25, 0.3) is 0 Å². The van der Waals surface area contributed by atoms with E-state index >= 15 is 0 Å². The van der Waals surface area contributed by atoms with Crippen molar-refractivity contribution in [2.75, 3.05) is 6.61 Å². The molecule has 32 heavy (non-hydrogen) atoms. The number of carbonyl (C=O) groups is 1. The number of rotatable bonds is 9. The maximum absolute atomic E-state index is 11.7. The van der Waals surface area contributed by atoms with Gasteiger partial charge in [-0.3, -0.25) is 0 Å². The van der Waals surface area contributed by atoms with Gasteiger partial charge in [0.1, 0.15) is 11.3 Å². The van der Waals surface area contributed by atoms with E-state index in [1.165, 1.54) is 29.5 Å². The highest BCUT2D eigenvalue weighted by atomic mass is 16.5. The third kappa shape index (κ3) is 4.72. The van der Waals surface area contributed by atoms with Gasteiger partial charge in [-0.15, -0.1) is 0 Å². The number of benzene rings is 2. The fourth-order valence-corrected chi connectivity index (χ4v) is 5.50. The topological polar surface area (TPSA) is 46.5 Å². The maximum atomic E-state index is 11.7. The number of para-hydroxylation sites is 1. The van der Waals surface area contributed by atoms with Gasteiger partial charge in [-0.25, -0.2) is 4.79 Å². The van der Waals surface area contributed by atoms with Gasteiger partial charge < -0.3 is 9.84 Å². The second-order valence-corrected chi connectivity index (χ2v) is 10.9. The van der Waals surface area contributed by atoms with Crippen molar-refractivity contribution in [3.05, 3.63) is 64.7 Å². The number of hydrogen-bond acceptors (Lipinski definition) is 2. The molecule has 0 radical (unpaired) electrons. The van der Waals surface area contributed by atoms with Gasteiger partial charge in [0.2, 0.25) is 0 Å². The molecule has 0 bridgehead atoms. The molecule has 1 N–H and O–H groups in total. The van der Waals surface area contributed by atoms with Gasteiger partial charge in [-0.1, -0.05) is 84.7 Å². The zero-order chi connectivity index (χ0) is 23.6. The van der Waals surface area contributed by atoms with Crippen LogP contribution < -0.4 is 4.74 Å². The first-order valence-electron chi connectivity index (χ1n) is 12.2. The Balaban J connectivity index is 2.05. The molecular weight excluding hydrogens is 396 g/mol. The first kappa shape index (κ1) is 24.4. The van der Waals surface area contributed by atoms with Crippen LogP contribution in [0.5, 0.6) is 5.75 Å². The summed E-state index contributed by atoms with van der Waals surface area (Å²) in [5.74, 6) is -0.494. The highest BCUT2D eigenvalue weighted by molar-refractivity contribution is 5.90. The Kier molecular flexibility index (Phi) is 7.07. The lowest BCUT2D eigenvalue weighted by atomic mass is 9.61. The summed E-state index contributed by atoms with van der Waals surface area (Å²) in [6, 6.07) is 14.1. The summed E-state index contributed by atoms with van der Waals surface area (Å²) in [6.45, 7) is 14.4. The zero-order valence-corrected chi connectivity index (χ0v) is 20.8. The summed E-state index contributed by atoms with van der Waals surface area (Å²) >= 11 is 0. The maximum Gasteiger partial charge on any atom is 0.339 e. The first-order valence-corrected chi connectivity index (χ1v) is 12.2. The summed E-state index contributed by atoms with van der Waals surface area (Å²) in [5, 5.41) is 9.58. The van der Waals surface area contributed by atoms with Crippen LogP contribution in [-0.2, 0) is 16.2 Å². The molecule has 2 aromatic carbocycles. The fraction of sp³-hybridized carbons (Fsp3) is 0.552. The Morgan fingerprint density at radius 3 is 2.12 bits per heavy atom. The van der Waals surface area contributed by atoms with E-state index in [0.29, 0.717) is 12.4 Å². The SMILES string of the molecule is CCCC(CCC)(COc1ccccc1C(=O)O)c1ccc2c(c1)C(C)(C)CCC2(C)C. The molecule has 3 rings (SSSR count). The normalized spacial score (nSPS) is 16.9. The predicted molar refractivity (Wildman–Crippen MR) is 132 cm³/mol. The summed E-state index contributed by atoms with van der Waals surface area (Å²) in [7, 11) is 0. The van der Waals surface area contributed by atoms with Crippen LogP contribution >= 0.6 is 0 Å². The standard InChI is InChI=1S/C29H40O3/c1-7-15-29(16-8-2,20-32-25-12-10-9-11-22(25)26(30)31)21-13-14-23-24(19-21)28(5,6)18-17-27(23,3)4/h9-14,19H,7-8,15-18,20H2,1-6H3,(H,30,31). The second kappa shape index (κ2) is 9.29. The van der Waals surface area contributed by atoms with Crippen molar-refractivity contribution in [1.29, 1.82) is 0 Å². The Morgan fingerprint density at radius 1 is 0.938 bits per heavy atom. The Bertz CT molecular complexity index is 949. The molecule has 0 heterocycles. The third-order valence-corrected chi connectivity index (χ3v) is 7.54. The Labute approximate surface area is 194 Å². The minimum absolute atomic E-state index is 0.137.